The molecular formula is C25H27N5O2S. The first-order valence-electron chi connectivity index (χ1n) is 11.3. The van der Waals surface area contributed by atoms with Gasteiger partial charge in [-0.15, -0.1) is 10.2 Å². The lowest BCUT2D eigenvalue weighted by Crippen LogP contribution is -2.38. The van der Waals surface area contributed by atoms with Crippen molar-refractivity contribution in [2.45, 2.75) is 38.8 Å². The number of amides is 1. The fraction of sp³-hybridized carbons (Fsp3) is 0.360. The van der Waals surface area contributed by atoms with E-state index < -0.39 is 0 Å². The van der Waals surface area contributed by atoms with Gasteiger partial charge in [-0.2, -0.15) is 0 Å². The molecule has 2 aromatic heterocycles. The van der Waals surface area contributed by atoms with Crippen LogP contribution in [0.5, 0.6) is 0 Å². The van der Waals surface area contributed by atoms with Crippen LogP contribution in [0.15, 0.2) is 52.4 Å². The fourth-order valence-corrected chi connectivity index (χ4v) is 5.40. The molecule has 1 amide bonds. The molecule has 7 nitrogen and oxygen atoms in total. The molecule has 8 heteroatoms. The minimum absolute atomic E-state index is 0.121. The molecule has 1 aliphatic rings. The number of piperidine rings is 1. The number of aromatic nitrogens is 4. The summed E-state index contributed by atoms with van der Waals surface area (Å²) in [6, 6.07) is 13.5. The maximum Gasteiger partial charge on any atom is 0.267 e. The average molecular weight is 462 g/mol. The number of aryl methyl sites for hydroxylation is 2. The van der Waals surface area contributed by atoms with Crippen LogP contribution in [0.25, 0.3) is 22.4 Å². The normalized spacial score (nSPS) is 14.9. The van der Waals surface area contributed by atoms with Crippen molar-refractivity contribution in [2.24, 2.45) is 5.92 Å². The van der Waals surface area contributed by atoms with Crippen LogP contribution in [0, 0.1) is 19.8 Å². The number of hydrogen-bond donors (Lipinski definition) is 0. The Morgan fingerprint density at radius 3 is 2.48 bits per heavy atom. The molecule has 0 saturated carbocycles. The molecule has 5 rings (SSSR count). The van der Waals surface area contributed by atoms with E-state index in [4.69, 9.17) is 0 Å². The van der Waals surface area contributed by atoms with Gasteiger partial charge < -0.3 is 4.90 Å². The monoisotopic (exact) mass is 461 g/mol. The number of hydrogen-bond acceptors (Lipinski definition) is 5. The highest BCUT2D eigenvalue weighted by Gasteiger charge is 2.22. The Hall–Kier alpha value is -3.13. The predicted molar refractivity (Wildman–Crippen MR) is 131 cm³/mol. The van der Waals surface area contributed by atoms with Gasteiger partial charge in [0.05, 0.1) is 22.3 Å². The van der Waals surface area contributed by atoms with E-state index in [2.05, 4.69) is 23.2 Å². The number of likely N-dealkylation sites (tertiary alicyclic amines) is 1. The third-order valence-electron chi connectivity index (χ3n) is 6.32. The summed E-state index contributed by atoms with van der Waals surface area (Å²) in [6.07, 6.45) is 2.11. The number of rotatable bonds is 4. The van der Waals surface area contributed by atoms with Crippen LogP contribution in [-0.2, 0) is 4.79 Å². The van der Waals surface area contributed by atoms with Crippen molar-refractivity contribution >= 4 is 34.3 Å². The number of thioether (sulfide) groups is 1. The van der Waals surface area contributed by atoms with Crippen LogP contribution in [-0.4, -0.2) is 48.8 Å². The minimum Gasteiger partial charge on any atom is -0.342 e. The van der Waals surface area contributed by atoms with E-state index in [1.54, 1.807) is 4.57 Å². The van der Waals surface area contributed by atoms with Crippen LogP contribution < -0.4 is 5.56 Å². The van der Waals surface area contributed by atoms with E-state index in [1.165, 1.54) is 11.8 Å². The molecule has 0 bridgehead atoms. The third-order valence-corrected chi connectivity index (χ3v) is 7.23. The molecule has 0 N–H and O–H groups in total. The molecule has 1 fully saturated rings. The second kappa shape index (κ2) is 8.67. The summed E-state index contributed by atoms with van der Waals surface area (Å²) in [6.45, 7) is 7.89. The van der Waals surface area contributed by atoms with Gasteiger partial charge in [0.25, 0.3) is 5.56 Å². The molecule has 170 valence electrons. The SMILES string of the molecule is Cc1cc(C)cc(-n2c(=O)c3ccccc3n3c(SCC(=O)N4CCC(C)CC4)nnc23)c1. The zero-order valence-corrected chi connectivity index (χ0v) is 19.9. The number of fused-ring (bicyclic) bond motifs is 3. The molecule has 0 atom stereocenters. The number of carbonyl (C=O) groups is 1. The maximum atomic E-state index is 13.5. The summed E-state index contributed by atoms with van der Waals surface area (Å²) in [4.78, 5) is 28.2. The van der Waals surface area contributed by atoms with Crippen molar-refractivity contribution in [3.63, 3.8) is 0 Å². The molecule has 4 aromatic rings. The lowest BCUT2D eigenvalue weighted by atomic mass is 9.99. The summed E-state index contributed by atoms with van der Waals surface area (Å²) >= 11 is 1.37. The van der Waals surface area contributed by atoms with Gasteiger partial charge in [0, 0.05) is 13.1 Å². The van der Waals surface area contributed by atoms with Gasteiger partial charge in [0.1, 0.15) is 0 Å². The predicted octanol–water partition coefficient (Wildman–Crippen LogP) is 4.00. The van der Waals surface area contributed by atoms with E-state index >= 15 is 0 Å². The molecule has 3 heterocycles. The first kappa shape index (κ1) is 21.7. The van der Waals surface area contributed by atoms with Gasteiger partial charge in [-0.05, 0) is 68.0 Å². The number of carbonyl (C=O) groups excluding carboxylic acids is 1. The smallest absolute Gasteiger partial charge is 0.267 e. The van der Waals surface area contributed by atoms with Gasteiger partial charge in [-0.1, -0.05) is 36.9 Å². The highest BCUT2D eigenvalue weighted by molar-refractivity contribution is 7.99. The Labute approximate surface area is 196 Å². The molecule has 1 saturated heterocycles. The summed E-state index contributed by atoms with van der Waals surface area (Å²) in [5, 5.41) is 9.98. The van der Waals surface area contributed by atoms with E-state index in [0.717, 1.165) is 48.3 Å². The highest BCUT2D eigenvalue weighted by atomic mass is 32.2. The number of nitrogens with zero attached hydrogens (tertiary/aromatic N) is 5. The minimum atomic E-state index is -0.134. The van der Waals surface area contributed by atoms with Crippen molar-refractivity contribution in [1.82, 2.24) is 24.1 Å². The molecule has 33 heavy (non-hydrogen) atoms. The maximum absolute atomic E-state index is 13.5. The molecule has 2 aromatic carbocycles. The van der Waals surface area contributed by atoms with Gasteiger partial charge >= 0.3 is 0 Å². The second-order valence-corrected chi connectivity index (χ2v) is 9.92. The van der Waals surface area contributed by atoms with Crippen LogP contribution in [0.4, 0.5) is 0 Å². The third kappa shape index (κ3) is 4.04. The second-order valence-electron chi connectivity index (χ2n) is 8.97. The van der Waals surface area contributed by atoms with Gasteiger partial charge in [-0.25, -0.2) is 4.57 Å². The van der Waals surface area contributed by atoms with E-state index in [9.17, 15) is 9.59 Å². The Morgan fingerprint density at radius 1 is 1.06 bits per heavy atom. The van der Waals surface area contributed by atoms with Crippen molar-refractivity contribution < 1.29 is 4.79 Å². The fourth-order valence-electron chi connectivity index (χ4n) is 4.56. The zero-order valence-electron chi connectivity index (χ0n) is 19.1. The van der Waals surface area contributed by atoms with E-state index in [0.29, 0.717) is 28.0 Å². The van der Waals surface area contributed by atoms with Crippen LogP contribution in [0.2, 0.25) is 0 Å². The summed E-state index contributed by atoms with van der Waals surface area (Å²) in [5.41, 5.74) is 3.50. The van der Waals surface area contributed by atoms with Gasteiger partial charge in [-0.3, -0.25) is 14.0 Å². The number of para-hydroxylation sites is 1. The lowest BCUT2D eigenvalue weighted by molar-refractivity contribution is -0.129. The van der Waals surface area contributed by atoms with E-state index in [-0.39, 0.29) is 11.5 Å². The molecule has 0 unspecified atom stereocenters. The summed E-state index contributed by atoms with van der Waals surface area (Å²) in [5.74, 6) is 1.54. The summed E-state index contributed by atoms with van der Waals surface area (Å²) < 4.78 is 3.51. The Kier molecular flexibility index (Phi) is 5.70. The molecule has 0 spiro atoms. The largest absolute Gasteiger partial charge is 0.342 e. The van der Waals surface area contributed by atoms with Crippen LogP contribution in [0.1, 0.15) is 30.9 Å². The standard InChI is InChI=1S/C25H27N5O2S/c1-16-8-10-28(11-9-16)22(31)15-33-25-27-26-24-29(19-13-17(2)12-18(3)14-19)23(32)20-6-4-5-7-21(20)30(24)25/h4-7,12-14,16H,8-11,15H2,1-3H3. The number of benzene rings is 2. The van der Waals surface area contributed by atoms with Gasteiger partial charge in [0.2, 0.25) is 11.7 Å². The quantitative estimate of drug-likeness (QED) is 0.430. The molecule has 0 radical (unpaired) electrons. The Bertz CT molecular complexity index is 1400. The molecular weight excluding hydrogens is 434 g/mol. The lowest BCUT2D eigenvalue weighted by Gasteiger charge is -2.30. The first-order valence-corrected chi connectivity index (χ1v) is 12.3. The van der Waals surface area contributed by atoms with Crippen molar-refractivity contribution in [3.05, 3.63) is 63.9 Å². The zero-order chi connectivity index (χ0) is 23.1. The highest BCUT2D eigenvalue weighted by Crippen LogP contribution is 2.25. The molecule has 0 aliphatic carbocycles. The van der Waals surface area contributed by atoms with Crippen molar-refractivity contribution in [2.75, 3.05) is 18.8 Å². The topological polar surface area (TPSA) is 72.5 Å². The Morgan fingerprint density at radius 2 is 1.76 bits per heavy atom. The average Bonchev–Trinajstić information content (AvgIpc) is 3.21. The Balaban J connectivity index is 1.58. The van der Waals surface area contributed by atoms with Crippen molar-refractivity contribution in [3.8, 4) is 5.69 Å². The van der Waals surface area contributed by atoms with Crippen LogP contribution >= 0.6 is 11.8 Å². The van der Waals surface area contributed by atoms with E-state index in [1.807, 2.05) is 59.5 Å². The van der Waals surface area contributed by atoms with Gasteiger partial charge in [0.15, 0.2) is 5.16 Å². The first-order chi connectivity index (χ1) is 15.9. The molecule has 1 aliphatic heterocycles. The van der Waals surface area contributed by atoms with Crippen molar-refractivity contribution in [1.29, 1.82) is 0 Å². The van der Waals surface area contributed by atoms with Crippen LogP contribution in [0.3, 0.4) is 0 Å². The summed E-state index contributed by atoms with van der Waals surface area (Å²) in [7, 11) is 0.